The fraction of sp³-hybridized carbons (Fsp3) is 0.417. The number of methoxy groups -OCH3 is 2. The number of fused-ring (bicyclic) bond motifs is 4. The molecule has 2 aromatic rings. The third-order valence-electron chi connectivity index (χ3n) is 6.14. The smallest absolute Gasteiger partial charge is 0.254 e. The molecule has 0 radical (unpaired) electrons. The van der Waals surface area contributed by atoms with E-state index in [4.69, 9.17) is 9.47 Å². The van der Waals surface area contributed by atoms with Crippen LogP contribution in [0.2, 0.25) is 0 Å². The number of hydrogen-bond acceptors (Lipinski definition) is 4. The molecule has 158 valence electrons. The first-order chi connectivity index (χ1) is 14.6. The van der Waals surface area contributed by atoms with E-state index in [1.54, 1.807) is 14.2 Å². The number of nitrogens with one attached hydrogen (secondary N) is 1. The predicted molar refractivity (Wildman–Crippen MR) is 114 cm³/mol. The van der Waals surface area contributed by atoms with Gasteiger partial charge in [-0.25, -0.2) is 0 Å². The summed E-state index contributed by atoms with van der Waals surface area (Å²) in [6.07, 6.45) is 2.65. The molecule has 2 aliphatic heterocycles. The van der Waals surface area contributed by atoms with Gasteiger partial charge in [0.15, 0.2) is 11.5 Å². The Kier molecular flexibility index (Phi) is 5.66. The molecule has 2 amide bonds. The third-order valence-corrected chi connectivity index (χ3v) is 6.14. The van der Waals surface area contributed by atoms with Gasteiger partial charge in [-0.1, -0.05) is 31.5 Å². The van der Waals surface area contributed by atoms with Gasteiger partial charge in [0.05, 0.1) is 26.2 Å². The van der Waals surface area contributed by atoms with Crippen LogP contribution in [-0.4, -0.2) is 44.0 Å². The van der Waals surface area contributed by atoms with E-state index in [0.717, 1.165) is 29.5 Å². The maximum Gasteiger partial charge on any atom is 0.254 e. The van der Waals surface area contributed by atoms with Gasteiger partial charge >= 0.3 is 0 Å². The van der Waals surface area contributed by atoms with E-state index >= 15 is 0 Å². The van der Waals surface area contributed by atoms with E-state index in [1.807, 2.05) is 41.3 Å². The molecule has 2 heterocycles. The van der Waals surface area contributed by atoms with Gasteiger partial charge in [-0.05, 0) is 47.7 Å². The summed E-state index contributed by atoms with van der Waals surface area (Å²) in [5.41, 5.74) is 3.46. The number of carbonyl (C=O) groups is 2. The van der Waals surface area contributed by atoms with Crippen molar-refractivity contribution < 1.29 is 19.1 Å². The first kappa shape index (κ1) is 20.3. The molecule has 2 aliphatic rings. The van der Waals surface area contributed by atoms with Crippen molar-refractivity contribution in [2.45, 2.75) is 38.1 Å². The van der Waals surface area contributed by atoms with E-state index in [1.165, 1.54) is 0 Å². The van der Waals surface area contributed by atoms with Crippen LogP contribution in [0.3, 0.4) is 0 Å². The number of benzene rings is 2. The van der Waals surface area contributed by atoms with Gasteiger partial charge in [-0.3, -0.25) is 9.59 Å². The quantitative estimate of drug-likeness (QED) is 0.744. The summed E-state index contributed by atoms with van der Waals surface area (Å²) in [6, 6.07) is 11.0. The Morgan fingerprint density at radius 2 is 1.87 bits per heavy atom. The molecule has 1 N–H and O–H groups in total. The number of rotatable bonds is 6. The molecule has 2 atom stereocenters. The minimum Gasteiger partial charge on any atom is -0.493 e. The van der Waals surface area contributed by atoms with Crippen molar-refractivity contribution in [2.24, 2.45) is 0 Å². The van der Waals surface area contributed by atoms with Crippen molar-refractivity contribution in [2.75, 3.05) is 27.3 Å². The molecule has 0 saturated heterocycles. The Balaban J connectivity index is 1.85. The zero-order chi connectivity index (χ0) is 21.3. The molecule has 4 rings (SSSR count). The molecule has 0 aliphatic carbocycles. The van der Waals surface area contributed by atoms with Crippen molar-refractivity contribution in [1.82, 2.24) is 10.2 Å². The van der Waals surface area contributed by atoms with E-state index in [9.17, 15) is 9.59 Å². The summed E-state index contributed by atoms with van der Waals surface area (Å²) in [4.78, 5) is 28.5. The molecule has 6 heteroatoms. The first-order valence-electron chi connectivity index (χ1n) is 10.5. The molecule has 0 saturated carbocycles. The normalized spacial score (nSPS) is 19.4. The molecule has 2 aromatic carbocycles. The largest absolute Gasteiger partial charge is 0.493 e. The van der Waals surface area contributed by atoms with E-state index in [2.05, 4.69) is 12.2 Å². The van der Waals surface area contributed by atoms with Crippen LogP contribution in [0.15, 0.2) is 36.4 Å². The molecule has 30 heavy (non-hydrogen) atoms. The van der Waals surface area contributed by atoms with Crippen molar-refractivity contribution in [1.29, 1.82) is 0 Å². The molecule has 6 nitrogen and oxygen atoms in total. The van der Waals surface area contributed by atoms with E-state index in [0.29, 0.717) is 36.6 Å². The van der Waals surface area contributed by atoms with Crippen LogP contribution in [0.4, 0.5) is 0 Å². The Bertz CT molecular complexity index is 972. The fourth-order valence-electron chi connectivity index (χ4n) is 4.63. The van der Waals surface area contributed by atoms with Crippen LogP contribution >= 0.6 is 0 Å². The Hall–Kier alpha value is -3.02. The van der Waals surface area contributed by atoms with Crippen LogP contribution in [-0.2, 0) is 11.2 Å². The van der Waals surface area contributed by atoms with Gasteiger partial charge in [0.2, 0.25) is 5.91 Å². The topological polar surface area (TPSA) is 67.9 Å². The number of nitrogens with zero attached hydrogens (tertiary/aromatic N) is 1. The lowest BCUT2D eigenvalue weighted by Gasteiger charge is -2.45. The highest BCUT2D eigenvalue weighted by atomic mass is 16.5. The number of amides is 2. The monoisotopic (exact) mass is 408 g/mol. The molecular formula is C24H28N2O4. The first-order valence-corrected chi connectivity index (χ1v) is 10.5. The minimum atomic E-state index is -0.465. The molecule has 0 unspecified atom stereocenters. The highest BCUT2D eigenvalue weighted by Crippen LogP contribution is 2.48. The van der Waals surface area contributed by atoms with Gasteiger partial charge in [-0.2, -0.15) is 0 Å². The average Bonchev–Trinajstić information content (AvgIpc) is 2.78. The Morgan fingerprint density at radius 3 is 2.60 bits per heavy atom. The third kappa shape index (κ3) is 3.30. The lowest BCUT2D eigenvalue weighted by Crippen LogP contribution is -2.50. The van der Waals surface area contributed by atoms with Crippen molar-refractivity contribution in [3.05, 3.63) is 58.7 Å². The zero-order valence-corrected chi connectivity index (χ0v) is 17.7. The van der Waals surface area contributed by atoms with Crippen LogP contribution in [0.25, 0.3) is 0 Å². The Labute approximate surface area is 177 Å². The van der Waals surface area contributed by atoms with Gasteiger partial charge < -0.3 is 19.7 Å². The second-order valence-corrected chi connectivity index (χ2v) is 7.81. The Morgan fingerprint density at radius 1 is 1.13 bits per heavy atom. The lowest BCUT2D eigenvalue weighted by atomic mass is 9.75. The summed E-state index contributed by atoms with van der Waals surface area (Å²) >= 11 is 0. The van der Waals surface area contributed by atoms with Crippen LogP contribution < -0.4 is 14.8 Å². The summed E-state index contributed by atoms with van der Waals surface area (Å²) < 4.78 is 11.0. The molecule has 0 aromatic heterocycles. The average molecular weight is 408 g/mol. The summed E-state index contributed by atoms with van der Waals surface area (Å²) in [5, 5.41) is 3.09. The van der Waals surface area contributed by atoms with Gasteiger partial charge in [-0.15, -0.1) is 0 Å². The van der Waals surface area contributed by atoms with Gasteiger partial charge in [0.25, 0.3) is 5.91 Å². The molecule has 0 bridgehead atoms. The summed E-state index contributed by atoms with van der Waals surface area (Å²) in [7, 11) is 3.21. The van der Waals surface area contributed by atoms with Crippen molar-refractivity contribution >= 4 is 11.8 Å². The standard InChI is InChI=1S/C24H28N2O4/c1-4-5-11-25-23(27)21-16-8-6-7-9-17(16)24(28)26-12-10-15-13-19(29-2)20(30-3)14-18(15)22(21)26/h6-9,13-14,21-22H,4-5,10-12H2,1-3H3,(H,25,27)/t21-,22+/m1/s1. The van der Waals surface area contributed by atoms with E-state index in [-0.39, 0.29) is 17.9 Å². The molecular weight excluding hydrogens is 380 g/mol. The molecule has 0 fully saturated rings. The maximum atomic E-state index is 13.4. The summed E-state index contributed by atoms with van der Waals surface area (Å²) in [6.45, 7) is 3.30. The minimum absolute atomic E-state index is 0.0198. The molecule has 0 spiro atoms. The lowest BCUT2D eigenvalue weighted by molar-refractivity contribution is -0.124. The fourth-order valence-corrected chi connectivity index (χ4v) is 4.63. The van der Waals surface area contributed by atoms with Crippen LogP contribution in [0, 0.1) is 0 Å². The van der Waals surface area contributed by atoms with Crippen LogP contribution in [0.1, 0.15) is 58.8 Å². The maximum absolute atomic E-state index is 13.4. The van der Waals surface area contributed by atoms with Gasteiger partial charge in [0, 0.05) is 18.7 Å². The van der Waals surface area contributed by atoms with Crippen molar-refractivity contribution in [3.8, 4) is 11.5 Å². The van der Waals surface area contributed by atoms with E-state index < -0.39 is 5.92 Å². The predicted octanol–water partition coefficient (Wildman–Crippen LogP) is 3.46. The second kappa shape index (κ2) is 8.38. The van der Waals surface area contributed by atoms with Gasteiger partial charge in [0.1, 0.15) is 0 Å². The summed E-state index contributed by atoms with van der Waals surface area (Å²) in [5.74, 6) is 0.744. The second-order valence-electron chi connectivity index (χ2n) is 7.81. The number of ether oxygens (including phenoxy) is 2. The number of unbranched alkanes of at least 4 members (excludes halogenated alkanes) is 1. The van der Waals surface area contributed by atoms with Crippen molar-refractivity contribution in [3.63, 3.8) is 0 Å². The van der Waals surface area contributed by atoms with Crippen LogP contribution in [0.5, 0.6) is 11.5 Å². The number of hydrogen-bond donors (Lipinski definition) is 1. The number of carbonyl (C=O) groups excluding carboxylic acids is 2. The highest BCUT2D eigenvalue weighted by molar-refractivity contribution is 6.01. The highest BCUT2D eigenvalue weighted by Gasteiger charge is 2.46. The zero-order valence-electron chi connectivity index (χ0n) is 17.7. The SMILES string of the molecule is CCCCNC(=O)[C@@H]1c2ccccc2C(=O)N2CCc3cc(OC)c(OC)cc3[C@@H]12.